The molecule has 1 unspecified atom stereocenters. The average molecular weight is 518 g/mol. The van der Waals surface area contributed by atoms with Crippen LogP contribution in [0, 0.1) is 0 Å². The summed E-state index contributed by atoms with van der Waals surface area (Å²) in [6, 6.07) is 13.2. The minimum Gasteiger partial charge on any atom is -0.494 e. The largest absolute Gasteiger partial charge is 0.494 e. The Bertz CT molecular complexity index is 1020. The van der Waals surface area contributed by atoms with Crippen molar-refractivity contribution in [2.24, 2.45) is 0 Å². The Balaban J connectivity index is 1.19. The smallest absolute Gasteiger partial charge is 0.255 e. The summed E-state index contributed by atoms with van der Waals surface area (Å²) in [6.45, 7) is 7.91. The van der Waals surface area contributed by atoms with Crippen molar-refractivity contribution in [2.45, 2.75) is 32.2 Å². The van der Waals surface area contributed by atoms with Crippen LogP contribution in [0.25, 0.3) is 0 Å². The Hall–Kier alpha value is -2.12. The highest BCUT2D eigenvalue weighted by atomic mass is 35.5. The number of hydrogen-bond donors (Lipinski definition) is 0. The summed E-state index contributed by atoms with van der Waals surface area (Å²) in [7, 11) is 0. The lowest BCUT2D eigenvalue weighted by atomic mass is 10.1. The second-order valence-electron chi connectivity index (χ2n) is 9.35. The van der Waals surface area contributed by atoms with E-state index in [0.29, 0.717) is 61.5 Å². The van der Waals surface area contributed by atoms with E-state index in [-0.39, 0.29) is 16.7 Å². The molecule has 35 heavy (non-hydrogen) atoms. The molecule has 1 atom stereocenters. The number of carbonyl (C=O) groups excluding carboxylic acids is 2. The Kier molecular flexibility index (Phi) is 9.06. The number of benzene rings is 2. The van der Waals surface area contributed by atoms with Crippen molar-refractivity contribution < 1.29 is 14.3 Å². The lowest BCUT2D eigenvalue weighted by Gasteiger charge is -2.34. The van der Waals surface area contributed by atoms with Gasteiger partial charge in [0.05, 0.1) is 28.8 Å². The van der Waals surface area contributed by atoms with Crippen LogP contribution in [-0.2, 0) is 0 Å². The number of ether oxygens (including phenoxy) is 1. The van der Waals surface area contributed by atoms with Crippen molar-refractivity contribution in [1.82, 2.24) is 14.7 Å². The first-order valence-corrected chi connectivity index (χ1v) is 13.1. The van der Waals surface area contributed by atoms with Gasteiger partial charge >= 0.3 is 0 Å². The first-order chi connectivity index (χ1) is 16.9. The van der Waals surface area contributed by atoms with Gasteiger partial charge in [-0.05, 0) is 69.1 Å². The monoisotopic (exact) mass is 517 g/mol. The highest BCUT2D eigenvalue weighted by molar-refractivity contribution is 6.43. The second-order valence-corrected chi connectivity index (χ2v) is 10.1. The molecule has 6 nitrogen and oxygen atoms in total. The van der Waals surface area contributed by atoms with Gasteiger partial charge in [-0.3, -0.25) is 14.5 Å². The number of ketones is 1. The van der Waals surface area contributed by atoms with E-state index in [1.807, 2.05) is 24.3 Å². The maximum Gasteiger partial charge on any atom is 0.255 e. The lowest BCUT2D eigenvalue weighted by Crippen LogP contribution is -2.50. The fourth-order valence-corrected chi connectivity index (χ4v) is 5.14. The zero-order valence-electron chi connectivity index (χ0n) is 20.2. The summed E-state index contributed by atoms with van der Waals surface area (Å²) in [5.74, 6) is 0.731. The number of hydrogen-bond acceptors (Lipinski definition) is 5. The number of halogens is 2. The predicted molar refractivity (Wildman–Crippen MR) is 140 cm³/mol. The number of nitrogens with zero attached hydrogens (tertiary/aromatic N) is 3. The molecule has 0 N–H and O–H groups in total. The fraction of sp³-hybridized carbons (Fsp3) is 0.481. The van der Waals surface area contributed by atoms with Gasteiger partial charge in [-0.15, -0.1) is 0 Å². The highest BCUT2D eigenvalue weighted by Gasteiger charge is 2.25. The van der Waals surface area contributed by atoms with Crippen LogP contribution >= 0.6 is 23.2 Å². The molecule has 0 aliphatic carbocycles. The molecule has 0 radical (unpaired) electrons. The Morgan fingerprint density at radius 2 is 1.74 bits per heavy atom. The van der Waals surface area contributed by atoms with Crippen LogP contribution in [-0.4, -0.2) is 84.9 Å². The van der Waals surface area contributed by atoms with Crippen molar-refractivity contribution in [3.05, 3.63) is 63.6 Å². The van der Waals surface area contributed by atoms with E-state index < -0.39 is 0 Å². The van der Waals surface area contributed by atoms with Gasteiger partial charge in [0.2, 0.25) is 0 Å². The number of carbonyl (C=O) groups is 2. The summed E-state index contributed by atoms with van der Waals surface area (Å²) >= 11 is 12.3. The molecule has 0 spiro atoms. The third-order valence-corrected chi connectivity index (χ3v) is 7.75. The van der Waals surface area contributed by atoms with Gasteiger partial charge < -0.3 is 14.5 Å². The Labute approximate surface area is 217 Å². The number of Topliss-reactive ketones (excluding diaryl/α,β-unsaturated/α-hetero) is 1. The summed E-state index contributed by atoms with van der Waals surface area (Å²) in [4.78, 5) is 32.0. The van der Waals surface area contributed by atoms with Gasteiger partial charge in [-0.1, -0.05) is 29.3 Å². The summed E-state index contributed by atoms with van der Waals surface area (Å²) in [5, 5.41) is 0.653. The molecule has 0 bridgehead atoms. The zero-order chi connectivity index (χ0) is 24.8. The minimum atomic E-state index is -0.131. The number of piperazine rings is 1. The van der Waals surface area contributed by atoms with E-state index in [0.717, 1.165) is 18.7 Å². The molecule has 2 heterocycles. The van der Waals surface area contributed by atoms with Gasteiger partial charge in [-0.2, -0.15) is 0 Å². The highest BCUT2D eigenvalue weighted by Crippen LogP contribution is 2.27. The molecule has 2 aromatic carbocycles. The molecule has 2 aliphatic heterocycles. The van der Waals surface area contributed by atoms with Gasteiger partial charge in [0.25, 0.3) is 5.91 Å². The van der Waals surface area contributed by atoms with Crippen molar-refractivity contribution in [3.63, 3.8) is 0 Å². The van der Waals surface area contributed by atoms with E-state index in [1.54, 1.807) is 23.1 Å². The molecule has 188 valence electrons. The molecule has 2 aromatic rings. The van der Waals surface area contributed by atoms with Gasteiger partial charge in [0.15, 0.2) is 5.78 Å². The molecule has 0 aromatic heterocycles. The predicted octanol–water partition coefficient (Wildman–Crippen LogP) is 4.89. The van der Waals surface area contributed by atoms with Crippen LogP contribution in [0.2, 0.25) is 10.0 Å². The van der Waals surface area contributed by atoms with Crippen molar-refractivity contribution >= 4 is 34.9 Å². The molecule has 2 aliphatic rings. The third-order valence-electron chi connectivity index (χ3n) is 6.93. The molecule has 0 saturated carbocycles. The van der Waals surface area contributed by atoms with E-state index in [4.69, 9.17) is 27.9 Å². The first kappa shape index (κ1) is 26.0. The van der Waals surface area contributed by atoms with E-state index in [9.17, 15) is 9.59 Å². The number of likely N-dealkylation sites (tertiary alicyclic amines) is 1. The Morgan fingerprint density at radius 1 is 1.00 bits per heavy atom. The average Bonchev–Trinajstić information content (AvgIpc) is 3.28. The molecular formula is C27H33Cl2N3O3. The molecule has 1 amide bonds. The number of rotatable bonds is 9. The minimum absolute atomic E-state index is 0.0669. The standard InChI is InChI=1S/C27H33Cl2N3O3/c1-20-5-3-12-31(20)13-4-18-35-22-10-8-21(9-11-22)25(33)19-30-14-16-32(17-15-30)27(34)23-6-2-7-24(28)26(23)29/h2,6-11,20H,3-5,12-19H2,1H3. The maximum atomic E-state index is 12.8. The maximum absolute atomic E-state index is 12.8. The van der Waals surface area contributed by atoms with Crippen LogP contribution in [0.5, 0.6) is 5.75 Å². The van der Waals surface area contributed by atoms with Crippen LogP contribution in [0.1, 0.15) is 46.9 Å². The topological polar surface area (TPSA) is 53.1 Å². The molecular weight excluding hydrogens is 485 g/mol. The number of amides is 1. The lowest BCUT2D eigenvalue weighted by molar-refractivity contribution is 0.0624. The molecule has 2 fully saturated rings. The third kappa shape index (κ3) is 6.76. The van der Waals surface area contributed by atoms with Crippen LogP contribution in [0.15, 0.2) is 42.5 Å². The summed E-state index contributed by atoms with van der Waals surface area (Å²) < 4.78 is 5.87. The molecule has 4 rings (SSSR count). The zero-order valence-corrected chi connectivity index (χ0v) is 21.7. The molecule has 8 heteroatoms. The summed E-state index contributed by atoms with van der Waals surface area (Å²) in [5.41, 5.74) is 1.09. The normalized spacial score (nSPS) is 19.2. The van der Waals surface area contributed by atoms with Crippen molar-refractivity contribution in [3.8, 4) is 5.75 Å². The SMILES string of the molecule is CC1CCCN1CCCOc1ccc(C(=O)CN2CCN(C(=O)c3cccc(Cl)c3Cl)CC2)cc1. The van der Waals surface area contributed by atoms with E-state index >= 15 is 0 Å². The van der Waals surface area contributed by atoms with Crippen LogP contribution < -0.4 is 4.74 Å². The van der Waals surface area contributed by atoms with E-state index in [1.165, 1.54) is 19.4 Å². The van der Waals surface area contributed by atoms with Gasteiger partial charge in [-0.25, -0.2) is 0 Å². The van der Waals surface area contributed by atoms with Crippen LogP contribution in [0.3, 0.4) is 0 Å². The summed E-state index contributed by atoms with van der Waals surface area (Å²) in [6.07, 6.45) is 3.59. The second kappa shape index (κ2) is 12.2. The van der Waals surface area contributed by atoms with Gasteiger partial charge in [0, 0.05) is 44.3 Å². The quantitative estimate of drug-likeness (QED) is 0.350. The Morgan fingerprint density at radius 3 is 2.43 bits per heavy atom. The van der Waals surface area contributed by atoms with E-state index in [2.05, 4.69) is 16.7 Å². The van der Waals surface area contributed by atoms with Gasteiger partial charge in [0.1, 0.15) is 5.75 Å². The van der Waals surface area contributed by atoms with Crippen molar-refractivity contribution in [1.29, 1.82) is 0 Å². The fourth-order valence-electron chi connectivity index (χ4n) is 4.76. The molecule has 2 saturated heterocycles. The first-order valence-electron chi connectivity index (χ1n) is 12.4. The van der Waals surface area contributed by atoms with Crippen molar-refractivity contribution in [2.75, 3.05) is 52.4 Å². The van der Waals surface area contributed by atoms with Crippen LogP contribution in [0.4, 0.5) is 0 Å².